The van der Waals surface area contributed by atoms with Crippen molar-refractivity contribution in [3.63, 3.8) is 0 Å². The summed E-state index contributed by atoms with van der Waals surface area (Å²) in [5.74, 6) is 1.19. The Morgan fingerprint density at radius 3 is 2.36 bits per heavy atom. The molecule has 3 saturated heterocycles. The number of ether oxygens (including phenoxy) is 1. The lowest BCUT2D eigenvalue weighted by molar-refractivity contribution is -0.136. The number of fused-ring (bicyclic) bond motifs is 3. The van der Waals surface area contributed by atoms with Crippen LogP contribution in [0.5, 0.6) is 11.5 Å². The fourth-order valence-corrected chi connectivity index (χ4v) is 9.48. The molecular weight excluding hydrogens is 711 g/mol. The number of anilines is 2. The lowest BCUT2D eigenvalue weighted by Gasteiger charge is -2.52. The highest BCUT2D eigenvalue weighted by atomic mass is 16.5. The van der Waals surface area contributed by atoms with Gasteiger partial charge in [-0.15, -0.1) is 0 Å². The lowest BCUT2D eigenvalue weighted by Crippen LogP contribution is -2.62. The summed E-state index contributed by atoms with van der Waals surface area (Å²) in [4.78, 5) is 65.6. The number of hydrogen-bond acceptors (Lipinski definition) is 11. The predicted molar refractivity (Wildman–Crippen MR) is 207 cm³/mol. The molecule has 1 saturated carbocycles. The van der Waals surface area contributed by atoms with Gasteiger partial charge in [-0.05, 0) is 105 Å². The SMILES string of the molecule is Nc1ncnc2c1c(-c1ccc(Oc3ccccc3)cc1)nn2C1CCC2CN(C3CN(c4ccc5c(c4)C(=O)N(C4CCC(=O)NC4=O)C5=O)C3)CCC2C1. The van der Waals surface area contributed by atoms with E-state index in [0.717, 1.165) is 96.2 Å². The zero-order valence-electron chi connectivity index (χ0n) is 30.7. The minimum absolute atomic E-state index is 0.0961. The molecule has 5 aromatic rings. The number of carbonyl (C=O) groups is 4. The number of carbonyl (C=O) groups excluding carboxylic acids is 4. The number of nitrogen functional groups attached to an aromatic ring is 1. The van der Waals surface area contributed by atoms with E-state index in [1.165, 1.54) is 6.33 Å². The number of likely N-dealkylation sites (tertiary alicyclic amines) is 1. The number of nitrogens with one attached hydrogen (secondary N) is 1. The third kappa shape index (κ3) is 5.86. The van der Waals surface area contributed by atoms with Gasteiger partial charge in [0.05, 0.1) is 22.6 Å². The lowest BCUT2D eigenvalue weighted by atomic mass is 9.72. The summed E-state index contributed by atoms with van der Waals surface area (Å²) in [6.07, 6.45) is 6.04. The van der Waals surface area contributed by atoms with Gasteiger partial charge in [-0.25, -0.2) is 14.6 Å². The number of imide groups is 2. The molecule has 0 spiro atoms. The number of nitrogens with two attached hydrogens (primary N) is 1. The van der Waals surface area contributed by atoms with E-state index >= 15 is 0 Å². The van der Waals surface area contributed by atoms with Gasteiger partial charge >= 0.3 is 0 Å². The molecular formula is C42H41N9O5. The number of nitrogens with zero attached hydrogens (tertiary/aromatic N) is 7. The van der Waals surface area contributed by atoms with Gasteiger partial charge in [0.1, 0.15) is 35.4 Å². The Balaban J connectivity index is 0.781. The highest BCUT2D eigenvalue weighted by Crippen LogP contribution is 2.44. The first-order valence-corrected chi connectivity index (χ1v) is 19.5. The molecule has 4 amide bonds. The Labute approximate surface area is 322 Å². The number of rotatable bonds is 7. The first kappa shape index (κ1) is 34.3. The predicted octanol–water partition coefficient (Wildman–Crippen LogP) is 4.82. The van der Waals surface area contributed by atoms with Crippen molar-refractivity contribution >= 4 is 46.2 Å². The summed E-state index contributed by atoms with van der Waals surface area (Å²) >= 11 is 0. The van der Waals surface area contributed by atoms with Gasteiger partial charge in [0.25, 0.3) is 11.8 Å². The van der Waals surface area contributed by atoms with E-state index in [9.17, 15) is 19.2 Å². The molecule has 56 heavy (non-hydrogen) atoms. The summed E-state index contributed by atoms with van der Waals surface area (Å²) in [6, 6.07) is 22.6. The van der Waals surface area contributed by atoms with Crippen molar-refractivity contribution in [1.82, 2.24) is 34.9 Å². The van der Waals surface area contributed by atoms with Crippen LogP contribution in [-0.2, 0) is 9.59 Å². The smallest absolute Gasteiger partial charge is 0.262 e. The minimum atomic E-state index is -0.969. The third-order valence-electron chi connectivity index (χ3n) is 12.5. The molecule has 2 aromatic heterocycles. The molecule has 3 N–H and O–H groups in total. The molecule has 5 aliphatic rings. The van der Waals surface area contributed by atoms with Crippen LogP contribution in [0.25, 0.3) is 22.3 Å². The average Bonchev–Trinajstić information content (AvgIpc) is 3.70. The molecule has 0 bridgehead atoms. The van der Waals surface area contributed by atoms with E-state index in [-0.39, 0.29) is 24.8 Å². The van der Waals surface area contributed by atoms with Gasteiger partial charge in [-0.1, -0.05) is 18.2 Å². The molecule has 4 atom stereocenters. The van der Waals surface area contributed by atoms with Gasteiger partial charge in [0.2, 0.25) is 11.8 Å². The van der Waals surface area contributed by atoms with Crippen LogP contribution in [0, 0.1) is 11.8 Å². The molecule has 0 radical (unpaired) electrons. The second-order valence-electron chi connectivity index (χ2n) is 15.7. The van der Waals surface area contributed by atoms with Gasteiger partial charge in [-0.2, -0.15) is 5.10 Å². The van der Waals surface area contributed by atoms with Gasteiger partial charge in [0.15, 0.2) is 5.65 Å². The van der Waals surface area contributed by atoms with Crippen LogP contribution in [0.15, 0.2) is 79.1 Å². The largest absolute Gasteiger partial charge is 0.457 e. The maximum absolute atomic E-state index is 13.4. The van der Waals surface area contributed by atoms with Crippen molar-refractivity contribution in [3.8, 4) is 22.8 Å². The Morgan fingerprint density at radius 1 is 0.768 bits per heavy atom. The van der Waals surface area contributed by atoms with Crippen molar-refractivity contribution in [2.75, 3.05) is 36.8 Å². The molecule has 4 fully saturated rings. The highest BCUT2D eigenvalue weighted by molar-refractivity contribution is 6.23. The number of para-hydroxylation sites is 1. The van der Waals surface area contributed by atoms with E-state index in [1.54, 1.807) is 12.1 Å². The number of benzene rings is 3. The minimum Gasteiger partial charge on any atom is -0.457 e. The van der Waals surface area contributed by atoms with Gasteiger partial charge in [0, 0.05) is 43.3 Å². The highest BCUT2D eigenvalue weighted by Gasteiger charge is 2.46. The quantitative estimate of drug-likeness (QED) is 0.219. The van der Waals surface area contributed by atoms with E-state index in [4.69, 9.17) is 20.6 Å². The number of piperidine rings is 2. The summed E-state index contributed by atoms with van der Waals surface area (Å²) in [5, 5.41) is 8.20. The second-order valence-corrected chi connectivity index (χ2v) is 15.7. The average molecular weight is 752 g/mol. The number of hydrogen-bond donors (Lipinski definition) is 2. The molecule has 10 rings (SSSR count). The molecule has 14 heteroatoms. The van der Waals surface area contributed by atoms with Crippen LogP contribution in [0.2, 0.25) is 0 Å². The van der Waals surface area contributed by atoms with Crippen LogP contribution in [0.3, 0.4) is 0 Å². The fourth-order valence-electron chi connectivity index (χ4n) is 9.48. The Kier molecular flexibility index (Phi) is 8.31. The Morgan fingerprint density at radius 2 is 1.55 bits per heavy atom. The van der Waals surface area contributed by atoms with Crippen molar-refractivity contribution in [1.29, 1.82) is 0 Å². The normalized spacial score (nSPS) is 24.2. The molecule has 1 aliphatic carbocycles. The summed E-state index contributed by atoms with van der Waals surface area (Å²) < 4.78 is 8.12. The zero-order valence-corrected chi connectivity index (χ0v) is 30.7. The summed E-state index contributed by atoms with van der Waals surface area (Å²) in [6.45, 7) is 3.79. The van der Waals surface area contributed by atoms with Crippen LogP contribution in [0.1, 0.15) is 65.3 Å². The van der Waals surface area contributed by atoms with Crippen LogP contribution in [0.4, 0.5) is 11.5 Å². The fraction of sp³-hybridized carbons (Fsp3) is 0.357. The molecule has 3 aromatic carbocycles. The maximum Gasteiger partial charge on any atom is 0.262 e. The van der Waals surface area contributed by atoms with E-state index in [2.05, 4.69) is 24.8 Å². The number of amides is 4. The molecule has 6 heterocycles. The Hall–Kier alpha value is -6.15. The van der Waals surface area contributed by atoms with Crippen LogP contribution in [-0.4, -0.2) is 91.4 Å². The van der Waals surface area contributed by atoms with Gasteiger partial charge in [-0.3, -0.25) is 34.3 Å². The van der Waals surface area contributed by atoms with Crippen molar-refractivity contribution in [2.45, 2.75) is 56.7 Å². The Bertz CT molecular complexity index is 2390. The molecule has 284 valence electrons. The van der Waals surface area contributed by atoms with E-state index in [1.807, 2.05) is 60.7 Å². The summed E-state index contributed by atoms with van der Waals surface area (Å²) in [7, 11) is 0. The second kappa shape index (κ2) is 13.6. The summed E-state index contributed by atoms with van der Waals surface area (Å²) in [5.41, 5.74) is 10.5. The standard InChI is InChI=1S/C42H41N9O5/c43-38-36-37(24-7-11-31(12-8-24)56-30-4-2-1-3-5-30)47-51(39(36)45-23-44-38)28-9-6-26-20-48(17-16-25(26)18-28)29-21-49(22-29)27-10-13-32-33(19-27)42(55)50(41(32)54)34-14-15-35(52)46-40(34)53/h1-5,7-8,10-13,19,23,25-26,28-29,34H,6,9,14-18,20-22H2,(H2,43,44,45)(H,46,52,53). The van der Waals surface area contributed by atoms with Crippen LogP contribution >= 0.6 is 0 Å². The first-order chi connectivity index (χ1) is 27.3. The topological polar surface area (TPSA) is 169 Å². The van der Waals surface area contributed by atoms with Crippen LogP contribution < -0.4 is 20.7 Å². The monoisotopic (exact) mass is 751 g/mol. The number of aromatic nitrogens is 4. The van der Waals surface area contributed by atoms with Crippen molar-refractivity contribution in [2.24, 2.45) is 11.8 Å². The third-order valence-corrected chi connectivity index (χ3v) is 12.5. The van der Waals surface area contributed by atoms with E-state index in [0.29, 0.717) is 34.8 Å². The zero-order chi connectivity index (χ0) is 38.1. The van der Waals surface area contributed by atoms with Crippen molar-refractivity contribution < 1.29 is 23.9 Å². The van der Waals surface area contributed by atoms with Gasteiger partial charge < -0.3 is 15.4 Å². The van der Waals surface area contributed by atoms with Crippen molar-refractivity contribution in [3.05, 3.63) is 90.3 Å². The first-order valence-electron chi connectivity index (χ1n) is 19.5. The maximum atomic E-state index is 13.4. The molecule has 4 unspecified atom stereocenters. The molecule has 14 nitrogen and oxygen atoms in total. The van der Waals surface area contributed by atoms with E-state index < -0.39 is 23.8 Å². The molecule has 4 aliphatic heterocycles.